The van der Waals surface area contributed by atoms with Gasteiger partial charge in [0, 0.05) is 23.5 Å². The van der Waals surface area contributed by atoms with Crippen molar-refractivity contribution in [1.82, 2.24) is 15.0 Å². The number of hydrogen-bond donors (Lipinski definition) is 2. The van der Waals surface area contributed by atoms with Crippen molar-refractivity contribution in [3.05, 3.63) is 105 Å². The largest absolute Gasteiger partial charge is 0.478 e. The number of hydrogen-bond acceptors (Lipinski definition) is 5. The average molecular weight is 466 g/mol. The highest BCUT2D eigenvalue weighted by molar-refractivity contribution is 7.09. The second-order valence-corrected chi connectivity index (χ2v) is 8.71. The molecule has 6 nitrogen and oxygen atoms in total. The van der Waals surface area contributed by atoms with Crippen molar-refractivity contribution in [1.29, 1.82) is 0 Å². The van der Waals surface area contributed by atoms with E-state index in [-0.39, 0.29) is 23.9 Å². The number of aromatic amines is 1. The first kappa shape index (κ1) is 22.8. The number of aromatic nitrogens is 3. The minimum Gasteiger partial charge on any atom is -0.478 e. The van der Waals surface area contributed by atoms with Gasteiger partial charge in [-0.2, -0.15) is 0 Å². The highest BCUT2D eigenvalue weighted by Gasteiger charge is 2.19. The molecule has 0 amide bonds. The van der Waals surface area contributed by atoms with Crippen molar-refractivity contribution in [3.63, 3.8) is 0 Å². The molecule has 0 radical (unpaired) electrons. The number of halogens is 1. The third-order valence-electron chi connectivity index (χ3n) is 5.40. The van der Waals surface area contributed by atoms with E-state index in [0.717, 1.165) is 33.2 Å². The smallest absolute Gasteiger partial charge is 0.335 e. The fourth-order valence-corrected chi connectivity index (χ4v) is 4.41. The van der Waals surface area contributed by atoms with Crippen molar-refractivity contribution in [3.8, 4) is 0 Å². The molecule has 4 aromatic rings. The average Bonchev–Trinajstić information content (AvgIpc) is 3.49. The van der Waals surface area contributed by atoms with Gasteiger partial charge in [0.15, 0.2) is 0 Å². The molecule has 0 spiro atoms. The van der Waals surface area contributed by atoms with E-state index in [1.165, 1.54) is 12.1 Å². The van der Waals surface area contributed by atoms with Crippen LogP contribution in [0.15, 0.2) is 60.2 Å². The molecule has 0 fully saturated rings. The Hall–Kier alpha value is -3.36. The molecule has 33 heavy (non-hydrogen) atoms. The number of aromatic carboxylic acids is 1. The number of nitrogens with one attached hydrogen (secondary N) is 1. The van der Waals surface area contributed by atoms with Crippen LogP contribution < -0.4 is 0 Å². The van der Waals surface area contributed by atoms with Gasteiger partial charge < -0.3 is 14.8 Å². The van der Waals surface area contributed by atoms with Gasteiger partial charge in [-0.3, -0.25) is 0 Å². The number of carboxylic acid groups (broad SMARTS) is 1. The number of ether oxygens (including phenoxy) is 1. The summed E-state index contributed by atoms with van der Waals surface area (Å²) in [5.41, 5.74) is 3.69. The lowest BCUT2D eigenvalue weighted by atomic mass is 9.98. The summed E-state index contributed by atoms with van der Waals surface area (Å²) < 4.78 is 19.1. The summed E-state index contributed by atoms with van der Waals surface area (Å²) in [6, 6.07) is 11.7. The molecule has 0 aliphatic carbocycles. The summed E-state index contributed by atoms with van der Waals surface area (Å²) >= 11 is 1.56. The van der Waals surface area contributed by atoms with Crippen LogP contribution in [0.25, 0.3) is 0 Å². The molecule has 8 heteroatoms. The van der Waals surface area contributed by atoms with Crippen LogP contribution in [0.4, 0.5) is 4.39 Å². The van der Waals surface area contributed by atoms with Gasteiger partial charge in [-0.15, -0.1) is 11.3 Å². The zero-order chi connectivity index (χ0) is 23.2. The van der Waals surface area contributed by atoms with E-state index in [0.29, 0.717) is 19.4 Å². The molecule has 170 valence electrons. The molecule has 4 rings (SSSR count). The van der Waals surface area contributed by atoms with Gasteiger partial charge in [0.05, 0.1) is 24.7 Å². The van der Waals surface area contributed by atoms with E-state index in [4.69, 9.17) is 4.74 Å². The van der Waals surface area contributed by atoms with Gasteiger partial charge in [0.25, 0.3) is 0 Å². The van der Waals surface area contributed by atoms with Crippen LogP contribution in [0.2, 0.25) is 0 Å². The number of aryl methyl sites for hydroxylation is 3. The summed E-state index contributed by atoms with van der Waals surface area (Å²) in [6.07, 6.45) is 4.75. The quantitative estimate of drug-likeness (QED) is 0.338. The zero-order valence-corrected chi connectivity index (χ0v) is 18.9. The van der Waals surface area contributed by atoms with Crippen molar-refractivity contribution in [2.45, 2.75) is 32.3 Å². The molecular formula is C25H24FN3O3S. The lowest BCUT2D eigenvalue weighted by molar-refractivity contribution is 0.0695. The molecule has 2 N–H and O–H groups in total. The van der Waals surface area contributed by atoms with E-state index < -0.39 is 5.97 Å². The second kappa shape index (κ2) is 10.5. The molecule has 0 aliphatic heterocycles. The Morgan fingerprint density at radius 1 is 1.15 bits per heavy atom. The first-order valence-electron chi connectivity index (χ1n) is 10.6. The topological polar surface area (TPSA) is 88.1 Å². The molecule has 0 bridgehead atoms. The van der Waals surface area contributed by atoms with Crippen LogP contribution >= 0.6 is 11.3 Å². The first-order chi connectivity index (χ1) is 16.0. The Bertz CT molecular complexity index is 1210. The fourth-order valence-electron chi connectivity index (χ4n) is 3.67. The monoisotopic (exact) mass is 465 g/mol. The minimum atomic E-state index is -0.973. The van der Waals surface area contributed by atoms with Crippen molar-refractivity contribution < 1.29 is 19.0 Å². The van der Waals surface area contributed by atoms with Crippen molar-refractivity contribution in [2.24, 2.45) is 0 Å². The van der Waals surface area contributed by atoms with Crippen LogP contribution in [-0.4, -0.2) is 32.6 Å². The maximum Gasteiger partial charge on any atom is 0.335 e. The van der Waals surface area contributed by atoms with E-state index in [2.05, 4.69) is 15.0 Å². The number of rotatable bonds is 10. The number of imidazole rings is 1. The van der Waals surface area contributed by atoms with Gasteiger partial charge in [-0.25, -0.2) is 19.2 Å². The molecule has 0 saturated carbocycles. The summed E-state index contributed by atoms with van der Waals surface area (Å²) in [4.78, 5) is 23.8. The number of carbonyl (C=O) groups is 1. The maximum absolute atomic E-state index is 13.1. The summed E-state index contributed by atoms with van der Waals surface area (Å²) in [6.45, 7) is 2.58. The van der Waals surface area contributed by atoms with Gasteiger partial charge in [-0.1, -0.05) is 24.3 Å². The maximum atomic E-state index is 13.1. The fraction of sp³-hybridized carbons (Fsp3) is 0.240. The predicted molar refractivity (Wildman–Crippen MR) is 124 cm³/mol. The Balaban J connectivity index is 1.41. The normalized spacial score (nSPS) is 12.1. The van der Waals surface area contributed by atoms with Crippen molar-refractivity contribution >= 4 is 17.3 Å². The first-order valence-corrected chi connectivity index (χ1v) is 11.5. The summed E-state index contributed by atoms with van der Waals surface area (Å²) in [5, 5.41) is 12.6. The van der Waals surface area contributed by atoms with Gasteiger partial charge in [0.1, 0.15) is 16.6 Å². The Morgan fingerprint density at radius 3 is 2.61 bits per heavy atom. The highest BCUT2D eigenvalue weighted by atomic mass is 32.1. The summed E-state index contributed by atoms with van der Waals surface area (Å²) in [7, 11) is 0. The second-order valence-electron chi connectivity index (χ2n) is 7.79. The van der Waals surface area contributed by atoms with Crippen LogP contribution in [0, 0.1) is 12.7 Å². The summed E-state index contributed by atoms with van der Waals surface area (Å²) in [5.74, 6) is -0.498. The molecule has 2 heterocycles. The van der Waals surface area contributed by atoms with E-state index in [1.54, 1.807) is 41.9 Å². The molecule has 2 aromatic carbocycles. The SMILES string of the molecule is Cc1ncc(C(COCc2ccc(CCc3ccc(F)cc3)c(C(=O)O)c2)c2nccs2)[nH]1. The number of nitrogens with zero attached hydrogens (tertiary/aromatic N) is 2. The molecular weight excluding hydrogens is 441 g/mol. The third kappa shape index (κ3) is 5.91. The number of carboxylic acids is 1. The lowest BCUT2D eigenvalue weighted by Gasteiger charge is -2.14. The zero-order valence-electron chi connectivity index (χ0n) is 18.1. The standard InChI is InChI=1S/C25H24FN3O3S/c1-16-28-13-23(29-16)22(24-27-10-11-33-24)15-32-14-18-3-7-19(21(12-18)25(30)31)6-2-17-4-8-20(26)9-5-17/h3-5,7-13,22H,2,6,14-15H2,1H3,(H,28,29)(H,30,31). The Kier molecular flexibility index (Phi) is 7.26. The molecule has 2 aromatic heterocycles. The van der Waals surface area contributed by atoms with Crippen LogP contribution in [-0.2, 0) is 24.2 Å². The van der Waals surface area contributed by atoms with E-state index in [9.17, 15) is 14.3 Å². The molecule has 1 unspecified atom stereocenters. The lowest BCUT2D eigenvalue weighted by Crippen LogP contribution is -2.11. The highest BCUT2D eigenvalue weighted by Crippen LogP contribution is 2.26. The Labute approximate surface area is 195 Å². The Morgan fingerprint density at radius 2 is 1.94 bits per heavy atom. The number of H-pyrrole nitrogens is 1. The van der Waals surface area contributed by atoms with Gasteiger partial charge in [-0.05, 0) is 54.7 Å². The van der Waals surface area contributed by atoms with Crippen LogP contribution in [0.5, 0.6) is 0 Å². The van der Waals surface area contributed by atoms with Crippen LogP contribution in [0.3, 0.4) is 0 Å². The van der Waals surface area contributed by atoms with E-state index in [1.807, 2.05) is 24.4 Å². The van der Waals surface area contributed by atoms with Crippen LogP contribution in [0.1, 0.15) is 49.5 Å². The number of thiazole rings is 1. The third-order valence-corrected chi connectivity index (χ3v) is 6.29. The molecule has 1 atom stereocenters. The minimum absolute atomic E-state index is 0.0693. The van der Waals surface area contributed by atoms with Crippen molar-refractivity contribution in [2.75, 3.05) is 6.61 Å². The van der Waals surface area contributed by atoms with Gasteiger partial charge in [0.2, 0.25) is 0 Å². The molecule has 0 saturated heterocycles. The molecule has 0 aliphatic rings. The predicted octanol–water partition coefficient (Wildman–Crippen LogP) is 5.15. The van der Waals surface area contributed by atoms with E-state index >= 15 is 0 Å². The van der Waals surface area contributed by atoms with Gasteiger partial charge >= 0.3 is 5.97 Å². The number of benzene rings is 2.